The van der Waals surface area contributed by atoms with Crippen molar-refractivity contribution in [2.24, 2.45) is 0 Å². The number of hydrogen-bond donors (Lipinski definition) is 0. The second-order valence-electron chi connectivity index (χ2n) is 12.5. The summed E-state index contributed by atoms with van der Waals surface area (Å²) in [4.78, 5) is 0. The van der Waals surface area contributed by atoms with Gasteiger partial charge in [-0.25, -0.2) is 0 Å². The fraction of sp³-hybridized carbons (Fsp3) is 0.263. The first kappa shape index (κ1) is 25.8. The van der Waals surface area contributed by atoms with Crippen LogP contribution in [-0.2, 0) is 12.8 Å². The van der Waals surface area contributed by atoms with Crippen LogP contribution in [-0.4, -0.2) is 8.07 Å². The van der Waals surface area contributed by atoms with Gasteiger partial charge in [-0.2, -0.15) is 0 Å². The molecule has 39 heavy (non-hydrogen) atoms. The van der Waals surface area contributed by atoms with Crippen LogP contribution in [0.3, 0.4) is 0 Å². The molecule has 0 heterocycles. The Hall–Kier alpha value is -3.42. The van der Waals surface area contributed by atoms with Gasteiger partial charge in [0.2, 0.25) is 0 Å². The monoisotopic (exact) mass is 524 g/mol. The van der Waals surface area contributed by atoms with Gasteiger partial charge in [-0.05, 0) is 132 Å². The lowest BCUT2D eigenvalue weighted by Crippen LogP contribution is -2.31. The van der Waals surface area contributed by atoms with Crippen LogP contribution in [0.1, 0.15) is 58.4 Å². The maximum Gasteiger partial charge on any atom is 0.113 e. The SMILES string of the molecule is CC1=C([Si](C)(C)C2=C(C)Cc3cccc(-c4cccc(C)c4C)c32)c2c(cccc2-c2cccc(C)c2C)C1. The summed E-state index contributed by atoms with van der Waals surface area (Å²) in [5, 5.41) is 3.32. The highest BCUT2D eigenvalue weighted by Crippen LogP contribution is 2.52. The fourth-order valence-corrected chi connectivity index (χ4v) is 12.0. The van der Waals surface area contributed by atoms with Crippen molar-refractivity contribution in [1.29, 1.82) is 0 Å². The highest BCUT2D eigenvalue weighted by Gasteiger charge is 2.42. The zero-order chi connectivity index (χ0) is 27.6. The van der Waals surface area contributed by atoms with Crippen LogP contribution in [0.25, 0.3) is 32.6 Å². The zero-order valence-electron chi connectivity index (χ0n) is 24.8. The van der Waals surface area contributed by atoms with E-state index in [-0.39, 0.29) is 0 Å². The van der Waals surface area contributed by atoms with Crippen molar-refractivity contribution in [1.82, 2.24) is 0 Å². The summed E-state index contributed by atoms with van der Waals surface area (Å²) in [7, 11) is -2.10. The van der Waals surface area contributed by atoms with Crippen molar-refractivity contribution in [3.8, 4) is 22.3 Å². The lowest BCUT2D eigenvalue weighted by Gasteiger charge is -2.32. The topological polar surface area (TPSA) is 0 Å². The Morgan fingerprint density at radius 3 is 1.23 bits per heavy atom. The Morgan fingerprint density at radius 2 is 0.821 bits per heavy atom. The van der Waals surface area contributed by atoms with E-state index < -0.39 is 8.07 Å². The van der Waals surface area contributed by atoms with E-state index in [0.717, 1.165) is 12.8 Å². The molecule has 4 aromatic rings. The van der Waals surface area contributed by atoms with Crippen LogP contribution < -0.4 is 0 Å². The molecule has 0 saturated carbocycles. The van der Waals surface area contributed by atoms with Gasteiger partial charge in [-0.15, -0.1) is 0 Å². The quantitative estimate of drug-likeness (QED) is 0.233. The average Bonchev–Trinajstić information content (AvgIpc) is 3.43. The predicted octanol–water partition coefficient (Wildman–Crippen LogP) is 10.4. The van der Waals surface area contributed by atoms with E-state index in [1.54, 1.807) is 21.5 Å². The summed E-state index contributed by atoms with van der Waals surface area (Å²) < 4.78 is 0. The number of fused-ring (bicyclic) bond motifs is 2. The predicted molar refractivity (Wildman–Crippen MR) is 173 cm³/mol. The van der Waals surface area contributed by atoms with Crippen LogP contribution in [0.4, 0.5) is 0 Å². The van der Waals surface area contributed by atoms with Gasteiger partial charge in [-0.3, -0.25) is 0 Å². The van der Waals surface area contributed by atoms with Gasteiger partial charge in [0.1, 0.15) is 8.07 Å². The summed E-state index contributed by atoms with van der Waals surface area (Å²) in [5.74, 6) is 0. The summed E-state index contributed by atoms with van der Waals surface area (Å²) in [6, 6.07) is 27.6. The normalized spacial score (nSPS) is 14.8. The minimum atomic E-state index is -2.10. The molecular weight excluding hydrogens is 485 g/mol. The summed E-state index contributed by atoms with van der Waals surface area (Å²) in [6.45, 7) is 19.1. The van der Waals surface area contributed by atoms with E-state index in [2.05, 4.69) is 127 Å². The van der Waals surface area contributed by atoms with Gasteiger partial charge in [0, 0.05) is 0 Å². The number of allylic oxidation sites excluding steroid dienone is 2. The minimum Gasteiger partial charge on any atom is -0.0686 e. The van der Waals surface area contributed by atoms with Crippen molar-refractivity contribution in [2.75, 3.05) is 0 Å². The Balaban J connectivity index is 1.58. The molecule has 0 saturated heterocycles. The van der Waals surface area contributed by atoms with Gasteiger partial charge in [0.15, 0.2) is 0 Å². The molecule has 2 aliphatic rings. The maximum atomic E-state index is 2.62. The van der Waals surface area contributed by atoms with Crippen LogP contribution in [0.5, 0.6) is 0 Å². The van der Waals surface area contributed by atoms with E-state index >= 15 is 0 Å². The van der Waals surface area contributed by atoms with E-state index in [1.807, 2.05) is 0 Å². The first-order valence-corrected chi connectivity index (χ1v) is 17.4. The van der Waals surface area contributed by atoms with Gasteiger partial charge < -0.3 is 0 Å². The molecule has 0 fully saturated rings. The number of aryl methyl sites for hydroxylation is 2. The Labute approximate surface area is 236 Å². The lowest BCUT2D eigenvalue weighted by atomic mass is 9.92. The molecule has 0 aliphatic heterocycles. The van der Waals surface area contributed by atoms with E-state index in [1.165, 1.54) is 66.8 Å². The van der Waals surface area contributed by atoms with Gasteiger partial charge in [0.05, 0.1) is 0 Å². The van der Waals surface area contributed by atoms with Crippen molar-refractivity contribution < 1.29 is 0 Å². The third-order valence-corrected chi connectivity index (χ3v) is 13.5. The minimum absolute atomic E-state index is 1.07. The molecule has 0 N–H and O–H groups in total. The second-order valence-corrected chi connectivity index (χ2v) is 16.7. The fourth-order valence-electron chi connectivity index (χ4n) is 7.61. The molecule has 2 aliphatic carbocycles. The van der Waals surface area contributed by atoms with Gasteiger partial charge in [0.25, 0.3) is 0 Å². The van der Waals surface area contributed by atoms with E-state index in [0.29, 0.717) is 0 Å². The molecule has 4 aromatic carbocycles. The summed E-state index contributed by atoms with van der Waals surface area (Å²) in [5.41, 5.74) is 20.3. The largest absolute Gasteiger partial charge is 0.113 e. The summed E-state index contributed by atoms with van der Waals surface area (Å²) >= 11 is 0. The molecule has 6 rings (SSSR count). The molecule has 0 aromatic heterocycles. The number of hydrogen-bond acceptors (Lipinski definition) is 0. The molecule has 0 nitrogen and oxygen atoms in total. The molecule has 196 valence electrons. The lowest BCUT2D eigenvalue weighted by molar-refractivity contribution is 1.19. The molecule has 0 bridgehead atoms. The van der Waals surface area contributed by atoms with Crippen LogP contribution in [0, 0.1) is 27.7 Å². The number of rotatable bonds is 4. The summed E-state index contributed by atoms with van der Waals surface area (Å²) in [6.07, 6.45) is 2.13. The van der Waals surface area contributed by atoms with Crippen LogP contribution in [0.2, 0.25) is 13.1 Å². The number of benzene rings is 4. The van der Waals surface area contributed by atoms with Crippen molar-refractivity contribution in [2.45, 2.75) is 67.5 Å². The average molecular weight is 525 g/mol. The third kappa shape index (κ3) is 3.93. The smallest absolute Gasteiger partial charge is 0.0686 e. The first-order chi connectivity index (χ1) is 18.6. The van der Waals surface area contributed by atoms with E-state index in [9.17, 15) is 0 Å². The van der Waals surface area contributed by atoms with Crippen LogP contribution >= 0.6 is 0 Å². The molecular formula is C38H40Si. The molecule has 0 atom stereocenters. The molecule has 0 spiro atoms. The van der Waals surface area contributed by atoms with E-state index in [4.69, 9.17) is 0 Å². The van der Waals surface area contributed by atoms with Crippen molar-refractivity contribution >= 4 is 18.5 Å². The highest BCUT2D eigenvalue weighted by molar-refractivity contribution is 7.09. The second kappa shape index (κ2) is 9.35. The molecule has 1 heteroatoms. The Kier molecular flexibility index (Phi) is 6.19. The first-order valence-electron chi connectivity index (χ1n) is 14.4. The van der Waals surface area contributed by atoms with Crippen molar-refractivity contribution in [3.63, 3.8) is 0 Å². The Bertz CT molecular complexity index is 1600. The third-order valence-electron chi connectivity index (χ3n) is 9.61. The van der Waals surface area contributed by atoms with Gasteiger partial charge >= 0.3 is 0 Å². The van der Waals surface area contributed by atoms with Crippen molar-refractivity contribution in [3.05, 3.63) is 128 Å². The maximum absolute atomic E-state index is 2.62. The molecule has 0 amide bonds. The van der Waals surface area contributed by atoms with Crippen LogP contribution in [0.15, 0.2) is 83.9 Å². The molecule has 0 radical (unpaired) electrons. The molecule has 0 unspecified atom stereocenters. The van der Waals surface area contributed by atoms with Gasteiger partial charge in [-0.1, -0.05) is 97.0 Å². The Morgan fingerprint density at radius 1 is 0.462 bits per heavy atom. The standard InChI is InChI=1S/C38H40Si/c1-23-13-9-17-31(27(23)5)33-19-11-15-29-21-25(3)37(35(29)33)39(7,8)38-26(4)22-30-16-12-20-34(36(30)38)32-18-10-14-24(2)28(32)6/h9-20H,21-22H2,1-8H3. The highest BCUT2D eigenvalue weighted by atomic mass is 28.3. The zero-order valence-corrected chi connectivity index (χ0v) is 25.8.